The first-order valence-electron chi connectivity index (χ1n) is 7.51. The number of carbonyl (C=O) groups is 1. The van der Waals surface area contributed by atoms with Crippen molar-refractivity contribution in [3.8, 4) is 0 Å². The molecule has 1 amide bonds. The molecule has 0 fully saturated rings. The molecule has 22 heavy (non-hydrogen) atoms. The van der Waals surface area contributed by atoms with Crippen molar-refractivity contribution in [2.24, 2.45) is 0 Å². The highest BCUT2D eigenvalue weighted by atomic mass is 16.1. The molecule has 1 N–H and O–H groups in total. The molecule has 1 aromatic heterocycles. The summed E-state index contributed by atoms with van der Waals surface area (Å²) in [6.07, 6.45) is 2.77. The smallest absolute Gasteiger partial charge is 0.221 e. The van der Waals surface area contributed by atoms with Gasteiger partial charge in [-0.25, -0.2) is 0 Å². The highest BCUT2D eigenvalue weighted by molar-refractivity contribution is 5.88. The zero-order valence-electron chi connectivity index (χ0n) is 13.4. The Morgan fingerprint density at radius 1 is 1.23 bits per heavy atom. The minimum Gasteiger partial charge on any atom is -0.326 e. The van der Waals surface area contributed by atoms with Gasteiger partial charge >= 0.3 is 0 Å². The van der Waals surface area contributed by atoms with Gasteiger partial charge in [-0.15, -0.1) is 0 Å². The van der Waals surface area contributed by atoms with E-state index in [1.807, 2.05) is 30.5 Å². The Morgan fingerprint density at radius 3 is 2.55 bits per heavy atom. The third kappa shape index (κ3) is 4.97. The second-order valence-electron chi connectivity index (χ2n) is 5.67. The van der Waals surface area contributed by atoms with Crippen molar-refractivity contribution in [2.75, 3.05) is 12.4 Å². The van der Waals surface area contributed by atoms with Gasteiger partial charge in [-0.2, -0.15) is 0 Å². The Labute approximate surface area is 132 Å². The molecule has 0 saturated carbocycles. The normalized spacial score (nSPS) is 12.2. The lowest BCUT2D eigenvalue weighted by Crippen LogP contribution is -2.30. The highest BCUT2D eigenvalue weighted by Gasteiger charge is 2.11. The third-order valence-corrected chi connectivity index (χ3v) is 3.69. The summed E-state index contributed by atoms with van der Waals surface area (Å²) < 4.78 is 0. The van der Waals surface area contributed by atoms with E-state index < -0.39 is 0 Å². The van der Waals surface area contributed by atoms with Crippen LogP contribution in [0.25, 0.3) is 0 Å². The number of rotatable bonds is 6. The maximum absolute atomic E-state index is 11.0. The third-order valence-electron chi connectivity index (χ3n) is 3.69. The SMILES string of the molecule is CC(=O)Nc1ccc(CN(C)C(C)Cc2ccccn2)cc1. The van der Waals surface area contributed by atoms with Crippen LogP contribution < -0.4 is 5.32 Å². The summed E-state index contributed by atoms with van der Waals surface area (Å²) in [6.45, 7) is 4.59. The first-order valence-corrected chi connectivity index (χ1v) is 7.51. The molecule has 4 heteroatoms. The summed E-state index contributed by atoms with van der Waals surface area (Å²) in [5, 5.41) is 2.78. The molecule has 0 aliphatic carbocycles. The number of amides is 1. The van der Waals surface area contributed by atoms with E-state index in [4.69, 9.17) is 0 Å². The molecule has 1 aromatic carbocycles. The van der Waals surface area contributed by atoms with Crippen LogP contribution in [0.4, 0.5) is 5.69 Å². The fourth-order valence-electron chi connectivity index (χ4n) is 2.32. The number of hydrogen-bond donors (Lipinski definition) is 1. The van der Waals surface area contributed by atoms with E-state index in [0.717, 1.165) is 24.3 Å². The molecule has 0 radical (unpaired) electrons. The largest absolute Gasteiger partial charge is 0.326 e. The van der Waals surface area contributed by atoms with Gasteiger partial charge in [-0.1, -0.05) is 18.2 Å². The van der Waals surface area contributed by atoms with Crippen molar-refractivity contribution < 1.29 is 4.79 Å². The van der Waals surface area contributed by atoms with Crippen molar-refractivity contribution in [1.82, 2.24) is 9.88 Å². The predicted molar refractivity (Wildman–Crippen MR) is 89.6 cm³/mol. The number of benzene rings is 1. The molecule has 1 heterocycles. The number of nitrogens with zero attached hydrogens (tertiary/aromatic N) is 2. The van der Waals surface area contributed by atoms with Crippen LogP contribution in [0.1, 0.15) is 25.1 Å². The van der Waals surface area contributed by atoms with E-state index >= 15 is 0 Å². The Morgan fingerprint density at radius 2 is 1.95 bits per heavy atom. The van der Waals surface area contributed by atoms with Gasteiger partial charge in [0.25, 0.3) is 0 Å². The number of hydrogen-bond acceptors (Lipinski definition) is 3. The van der Waals surface area contributed by atoms with Gasteiger partial charge in [0.2, 0.25) is 5.91 Å². The lowest BCUT2D eigenvalue weighted by molar-refractivity contribution is -0.114. The maximum atomic E-state index is 11.0. The number of likely N-dealkylation sites (N-methyl/N-ethyl adjacent to an activating group) is 1. The van der Waals surface area contributed by atoms with Gasteiger partial charge < -0.3 is 5.32 Å². The van der Waals surface area contributed by atoms with Crippen molar-refractivity contribution in [3.63, 3.8) is 0 Å². The van der Waals surface area contributed by atoms with E-state index in [1.54, 1.807) is 0 Å². The molecule has 1 atom stereocenters. The number of nitrogens with one attached hydrogen (secondary N) is 1. The number of aromatic nitrogens is 1. The number of anilines is 1. The van der Waals surface area contributed by atoms with Crippen LogP contribution in [0.3, 0.4) is 0 Å². The Bertz CT molecular complexity index is 595. The van der Waals surface area contributed by atoms with Crippen LogP contribution >= 0.6 is 0 Å². The molecule has 116 valence electrons. The molecule has 0 saturated heterocycles. The van der Waals surface area contributed by atoms with Crippen LogP contribution in [-0.4, -0.2) is 28.9 Å². The number of pyridine rings is 1. The van der Waals surface area contributed by atoms with E-state index in [2.05, 4.69) is 47.4 Å². The molecular weight excluding hydrogens is 274 g/mol. The van der Waals surface area contributed by atoms with Gasteiger partial charge in [-0.05, 0) is 43.8 Å². The number of carbonyl (C=O) groups excluding carboxylic acids is 1. The first-order chi connectivity index (χ1) is 10.5. The Balaban J connectivity index is 1.90. The predicted octanol–water partition coefficient (Wildman–Crippen LogP) is 3.10. The Hall–Kier alpha value is -2.20. The topological polar surface area (TPSA) is 45.2 Å². The Kier molecular flexibility index (Phi) is 5.67. The van der Waals surface area contributed by atoms with Crippen LogP contribution in [0.15, 0.2) is 48.7 Å². The highest BCUT2D eigenvalue weighted by Crippen LogP contribution is 2.13. The molecule has 0 aliphatic heterocycles. The molecule has 0 bridgehead atoms. The average Bonchev–Trinajstić information content (AvgIpc) is 2.49. The second-order valence-corrected chi connectivity index (χ2v) is 5.67. The van der Waals surface area contributed by atoms with Crippen LogP contribution in [0.2, 0.25) is 0 Å². The average molecular weight is 297 g/mol. The fourth-order valence-corrected chi connectivity index (χ4v) is 2.32. The van der Waals surface area contributed by atoms with E-state index in [1.165, 1.54) is 12.5 Å². The molecule has 1 unspecified atom stereocenters. The van der Waals surface area contributed by atoms with Gasteiger partial charge in [0.1, 0.15) is 0 Å². The standard InChI is InChI=1S/C18H23N3O/c1-14(12-18-6-4-5-11-19-18)21(3)13-16-7-9-17(10-8-16)20-15(2)22/h4-11,14H,12-13H2,1-3H3,(H,20,22). The molecule has 0 aliphatic rings. The van der Waals surface area contributed by atoms with E-state index in [9.17, 15) is 4.79 Å². The van der Waals surface area contributed by atoms with Crippen molar-refractivity contribution in [2.45, 2.75) is 32.9 Å². The van der Waals surface area contributed by atoms with Gasteiger partial charge in [-0.3, -0.25) is 14.7 Å². The summed E-state index contributed by atoms with van der Waals surface area (Å²) in [5.41, 5.74) is 3.17. The minimum absolute atomic E-state index is 0.0474. The molecular formula is C18H23N3O. The lowest BCUT2D eigenvalue weighted by atomic mass is 10.1. The summed E-state index contributed by atoms with van der Waals surface area (Å²) in [5.74, 6) is -0.0474. The summed E-state index contributed by atoms with van der Waals surface area (Å²) in [6, 6.07) is 14.4. The van der Waals surface area contributed by atoms with Crippen molar-refractivity contribution >= 4 is 11.6 Å². The van der Waals surface area contributed by atoms with Crippen molar-refractivity contribution in [1.29, 1.82) is 0 Å². The summed E-state index contributed by atoms with van der Waals surface area (Å²) >= 11 is 0. The molecule has 4 nitrogen and oxygen atoms in total. The minimum atomic E-state index is -0.0474. The van der Waals surface area contributed by atoms with Crippen molar-refractivity contribution in [3.05, 3.63) is 59.9 Å². The second kappa shape index (κ2) is 7.71. The lowest BCUT2D eigenvalue weighted by Gasteiger charge is -2.24. The maximum Gasteiger partial charge on any atom is 0.221 e. The molecule has 2 aromatic rings. The monoisotopic (exact) mass is 297 g/mol. The molecule has 0 spiro atoms. The quantitative estimate of drug-likeness (QED) is 0.891. The van der Waals surface area contributed by atoms with E-state index in [0.29, 0.717) is 6.04 Å². The fraction of sp³-hybridized carbons (Fsp3) is 0.333. The van der Waals surface area contributed by atoms with Gasteiger partial charge in [0.05, 0.1) is 0 Å². The zero-order chi connectivity index (χ0) is 15.9. The van der Waals surface area contributed by atoms with Gasteiger partial charge in [0.15, 0.2) is 0 Å². The van der Waals surface area contributed by atoms with Crippen LogP contribution in [0.5, 0.6) is 0 Å². The zero-order valence-corrected chi connectivity index (χ0v) is 13.4. The van der Waals surface area contributed by atoms with Crippen LogP contribution in [0, 0.1) is 0 Å². The molecule has 2 rings (SSSR count). The van der Waals surface area contributed by atoms with Crippen LogP contribution in [-0.2, 0) is 17.8 Å². The van der Waals surface area contributed by atoms with E-state index in [-0.39, 0.29) is 5.91 Å². The summed E-state index contributed by atoms with van der Waals surface area (Å²) in [4.78, 5) is 17.7. The summed E-state index contributed by atoms with van der Waals surface area (Å²) in [7, 11) is 2.12. The van der Waals surface area contributed by atoms with Gasteiger partial charge in [0, 0.05) is 43.5 Å². The first kappa shape index (κ1) is 16.2.